The molecule has 1 saturated carbocycles. The number of para-hydroxylation sites is 1. The molecule has 0 bridgehead atoms. The number of carbonyl (C=O) groups is 1. The largest absolute Gasteiger partial charge is 0.493 e. The van der Waals surface area contributed by atoms with Gasteiger partial charge in [-0.3, -0.25) is 9.89 Å². The summed E-state index contributed by atoms with van der Waals surface area (Å²) in [5.41, 5.74) is 2.52. The molecule has 188 valence electrons. The zero-order chi connectivity index (χ0) is 24.3. The lowest BCUT2D eigenvalue weighted by Crippen LogP contribution is -2.44. The molecule has 0 radical (unpaired) electrons. The second kappa shape index (κ2) is 13.5. The molecule has 1 aromatic heterocycles. The average Bonchev–Trinajstić information content (AvgIpc) is 3.29. The van der Waals surface area contributed by atoms with E-state index in [-0.39, 0.29) is 5.91 Å². The van der Waals surface area contributed by atoms with Crippen LogP contribution in [0.1, 0.15) is 63.1 Å². The molecule has 0 saturated heterocycles. The first-order valence-electron chi connectivity index (χ1n) is 12.8. The Morgan fingerprint density at radius 1 is 1.21 bits per heavy atom. The number of rotatable bonds is 13. The molecular weight excluding hydrogens is 426 g/mol. The van der Waals surface area contributed by atoms with Crippen molar-refractivity contribution in [2.75, 3.05) is 40.3 Å². The van der Waals surface area contributed by atoms with Crippen molar-refractivity contribution in [3.8, 4) is 5.75 Å². The predicted octanol–water partition coefficient (Wildman–Crippen LogP) is 4.04. The molecule has 1 amide bonds. The Labute approximate surface area is 205 Å². The highest BCUT2D eigenvalue weighted by Gasteiger charge is 2.31. The van der Waals surface area contributed by atoms with Crippen LogP contribution >= 0.6 is 0 Å². The van der Waals surface area contributed by atoms with Crippen molar-refractivity contribution in [1.29, 1.82) is 0 Å². The summed E-state index contributed by atoms with van der Waals surface area (Å²) in [7, 11) is 4.14. The van der Waals surface area contributed by atoms with Crippen molar-refractivity contribution in [1.82, 2.24) is 25.3 Å². The summed E-state index contributed by atoms with van der Waals surface area (Å²) in [6.07, 6.45) is 6.69. The number of carbonyl (C=O) groups excluding carboxylic acids is 1. The highest BCUT2D eigenvalue weighted by atomic mass is 16.5. The van der Waals surface area contributed by atoms with Crippen LogP contribution in [0.4, 0.5) is 0 Å². The lowest BCUT2D eigenvalue weighted by Gasteiger charge is -2.38. The van der Waals surface area contributed by atoms with E-state index in [1.807, 2.05) is 37.4 Å². The van der Waals surface area contributed by atoms with Gasteiger partial charge in [0, 0.05) is 49.9 Å². The molecule has 1 aliphatic rings. The van der Waals surface area contributed by atoms with Gasteiger partial charge < -0.3 is 19.9 Å². The zero-order valence-corrected chi connectivity index (χ0v) is 21.4. The van der Waals surface area contributed by atoms with Crippen molar-refractivity contribution in [2.45, 2.75) is 64.5 Å². The molecule has 1 aromatic carbocycles. The van der Waals surface area contributed by atoms with Gasteiger partial charge in [0.2, 0.25) is 5.91 Å². The summed E-state index contributed by atoms with van der Waals surface area (Å²) in [5, 5.41) is 10.9. The number of aromatic nitrogens is 2. The number of amides is 1. The first-order valence-corrected chi connectivity index (χ1v) is 12.8. The summed E-state index contributed by atoms with van der Waals surface area (Å²) in [4.78, 5) is 17.6. The maximum absolute atomic E-state index is 13.2. The number of benzene rings is 1. The number of H-pyrrole nitrogens is 1. The molecule has 34 heavy (non-hydrogen) atoms. The average molecular weight is 470 g/mol. The van der Waals surface area contributed by atoms with Crippen molar-refractivity contribution in [2.24, 2.45) is 5.92 Å². The quantitative estimate of drug-likeness (QED) is 0.463. The Bertz CT molecular complexity index is 846. The maximum Gasteiger partial charge on any atom is 0.226 e. The van der Waals surface area contributed by atoms with E-state index in [1.165, 1.54) is 11.3 Å². The minimum absolute atomic E-state index is 0.208. The number of hydrogen-bond donors (Lipinski definition) is 2. The smallest absolute Gasteiger partial charge is 0.226 e. The molecular formula is C27H43N5O2. The van der Waals surface area contributed by atoms with Crippen LogP contribution in [-0.4, -0.2) is 72.3 Å². The SMILES string of the molecule is CNCCN(C)Cc1c[nH]nc1[C@H]1CC[C@H](N(CC(C)C)C(=O)CCOc2ccccc2)CC1. The third kappa shape index (κ3) is 7.84. The molecule has 2 N–H and O–H groups in total. The summed E-state index contributed by atoms with van der Waals surface area (Å²) in [6.45, 7) is 8.50. The molecule has 2 aromatic rings. The lowest BCUT2D eigenvalue weighted by atomic mass is 9.82. The van der Waals surface area contributed by atoms with Gasteiger partial charge in [0.25, 0.3) is 0 Å². The van der Waals surface area contributed by atoms with Gasteiger partial charge in [-0.15, -0.1) is 0 Å². The summed E-state index contributed by atoms with van der Waals surface area (Å²) in [6, 6.07) is 10.0. The van der Waals surface area contributed by atoms with Crippen molar-refractivity contribution >= 4 is 5.91 Å². The second-order valence-electron chi connectivity index (χ2n) is 9.99. The molecule has 0 spiro atoms. The van der Waals surface area contributed by atoms with E-state index in [0.717, 1.165) is 57.6 Å². The van der Waals surface area contributed by atoms with Crippen LogP contribution in [-0.2, 0) is 11.3 Å². The number of nitrogens with one attached hydrogen (secondary N) is 2. The Kier molecular flexibility index (Phi) is 10.4. The normalized spacial score (nSPS) is 18.4. The van der Waals surface area contributed by atoms with Gasteiger partial charge in [-0.1, -0.05) is 32.0 Å². The van der Waals surface area contributed by atoms with Gasteiger partial charge in [0.15, 0.2) is 0 Å². The molecule has 1 fully saturated rings. The van der Waals surface area contributed by atoms with E-state index in [0.29, 0.717) is 30.9 Å². The van der Waals surface area contributed by atoms with E-state index in [4.69, 9.17) is 4.74 Å². The molecule has 1 heterocycles. The Balaban J connectivity index is 1.53. The van der Waals surface area contributed by atoms with Crippen LogP contribution in [0.5, 0.6) is 5.75 Å². The third-order valence-corrected chi connectivity index (χ3v) is 6.67. The number of hydrogen-bond acceptors (Lipinski definition) is 5. The minimum atomic E-state index is 0.208. The third-order valence-electron chi connectivity index (χ3n) is 6.67. The van der Waals surface area contributed by atoms with Crippen LogP contribution in [0.15, 0.2) is 36.5 Å². The zero-order valence-electron chi connectivity index (χ0n) is 21.4. The van der Waals surface area contributed by atoms with E-state index >= 15 is 0 Å². The van der Waals surface area contributed by atoms with Gasteiger partial charge in [0.1, 0.15) is 5.75 Å². The first-order chi connectivity index (χ1) is 16.5. The molecule has 0 aliphatic heterocycles. The van der Waals surface area contributed by atoms with Crippen LogP contribution in [0.25, 0.3) is 0 Å². The van der Waals surface area contributed by atoms with Crippen LogP contribution < -0.4 is 10.1 Å². The summed E-state index contributed by atoms with van der Waals surface area (Å²) < 4.78 is 5.79. The summed E-state index contributed by atoms with van der Waals surface area (Å²) in [5.74, 6) is 1.94. The van der Waals surface area contributed by atoms with Crippen molar-refractivity contribution in [3.05, 3.63) is 47.8 Å². The highest BCUT2D eigenvalue weighted by Crippen LogP contribution is 2.36. The van der Waals surface area contributed by atoms with Crippen molar-refractivity contribution in [3.63, 3.8) is 0 Å². The van der Waals surface area contributed by atoms with Gasteiger partial charge in [-0.2, -0.15) is 5.10 Å². The number of ether oxygens (including phenoxy) is 1. The molecule has 0 unspecified atom stereocenters. The van der Waals surface area contributed by atoms with Crippen LogP contribution in [0.3, 0.4) is 0 Å². The Morgan fingerprint density at radius 3 is 2.62 bits per heavy atom. The van der Waals surface area contributed by atoms with Crippen LogP contribution in [0.2, 0.25) is 0 Å². The molecule has 7 heteroatoms. The van der Waals surface area contributed by atoms with E-state index in [2.05, 4.69) is 52.4 Å². The molecule has 7 nitrogen and oxygen atoms in total. The number of likely N-dealkylation sites (N-methyl/N-ethyl adjacent to an activating group) is 2. The number of nitrogens with zero attached hydrogens (tertiary/aromatic N) is 3. The van der Waals surface area contributed by atoms with Crippen molar-refractivity contribution < 1.29 is 9.53 Å². The minimum Gasteiger partial charge on any atom is -0.493 e. The fraction of sp³-hybridized carbons (Fsp3) is 0.630. The summed E-state index contributed by atoms with van der Waals surface area (Å²) >= 11 is 0. The van der Waals surface area contributed by atoms with Gasteiger partial charge in [0.05, 0.1) is 18.7 Å². The fourth-order valence-electron chi connectivity index (χ4n) is 4.90. The lowest BCUT2D eigenvalue weighted by molar-refractivity contribution is -0.135. The van der Waals surface area contributed by atoms with Crippen LogP contribution in [0, 0.1) is 5.92 Å². The van der Waals surface area contributed by atoms with Gasteiger partial charge >= 0.3 is 0 Å². The Hall–Kier alpha value is -2.38. The second-order valence-corrected chi connectivity index (χ2v) is 9.99. The number of aromatic amines is 1. The topological polar surface area (TPSA) is 73.5 Å². The standard InChI is InChI=1S/C27H43N5O2/c1-21(2)19-32(26(33)14-17-34-25-8-6-5-7-9-25)24-12-10-22(11-13-24)27-23(18-29-30-27)20-31(4)16-15-28-3/h5-9,18,21-22,24,28H,10-17,19-20H2,1-4H3,(H,29,30)/t22-,24-. The Morgan fingerprint density at radius 2 is 1.94 bits per heavy atom. The van der Waals surface area contributed by atoms with E-state index < -0.39 is 0 Å². The fourth-order valence-corrected chi connectivity index (χ4v) is 4.90. The first kappa shape index (κ1) is 26.2. The van der Waals surface area contributed by atoms with E-state index in [9.17, 15) is 4.79 Å². The molecule has 1 aliphatic carbocycles. The maximum atomic E-state index is 13.2. The molecule has 0 atom stereocenters. The predicted molar refractivity (Wildman–Crippen MR) is 137 cm³/mol. The van der Waals surface area contributed by atoms with Gasteiger partial charge in [-0.05, 0) is 57.8 Å². The van der Waals surface area contributed by atoms with Gasteiger partial charge in [-0.25, -0.2) is 0 Å². The molecule has 3 rings (SSSR count). The van der Waals surface area contributed by atoms with E-state index in [1.54, 1.807) is 0 Å². The highest BCUT2D eigenvalue weighted by molar-refractivity contribution is 5.76. The monoisotopic (exact) mass is 469 g/mol.